The molecule has 0 aromatic carbocycles. The van der Waals surface area contributed by atoms with Crippen molar-refractivity contribution in [2.24, 2.45) is 0 Å². The quantitative estimate of drug-likeness (QED) is 0.510. The number of carbonyl (C=O) groups is 1. The standard InChI is InChI=1S/C12H25NO3/c1-5-6-7-15-8-9-16-11(14)10-13-12(2,3)4/h13H,5-10H2,1-4H3. The third-order valence-electron chi connectivity index (χ3n) is 1.90. The first kappa shape index (κ1) is 15.4. The highest BCUT2D eigenvalue weighted by atomic mass is 16.6. The summed E-state index contributed by atoms with van der Waals surface area (Å²) in [6, 6.07) is 0. The molecule has 0 heterocycles. The number of rotatable bonds is 8. The summed E-state index contributed by atoms with van der Waals surface area (Å²) in [6.07, 6.45) is 2.18. The van der Waals surface area contributed by atoms with E-state index in [0.29, 0.717) is 13.2 Å². The van der Waals surface area contributed by atoms with E-state index < -0.39 is 0 Å². The van der Waals surface area contributed by atoms with E-state index in [1.165, 1.54) is 0 Å². The van der Waals surface area contributed by atoms with Crippen molar-refractivity contribution in [2.75, 3.05) is 26.4 Å². The largest absolute Gasteiger partial charge is 0.462 e. The summed E-state index contributed by atoms with van der Waals surface area (Å²) in [6.45, 7) is 9.96. The molecular formula is C12H25NO3. The summed E-state index contributed by atoms with van der Waals surface area (Å²) in [7, 11) is 0. The summed E-state index contributed by atoms with van der Waals surface area (Å²) in [5, 5.41) is 3.07. The molecule has 96 valence electrons. The fourth-order valence-corrected chi connectivity index (χ4v) is 0.951. The molecule has 4 heteroatoms. The summed E-state index contributed by atoms with van der Waals surface area (Å²) in [4.78, 5) is 11.2. The molecule has 16 heavy (non-hydrogen) atoms. The lowest BCUT2D eigenvalue weighted by Gasteiger charge is -2.19. The molecule has 0 aliphatic rings. The first-order valence-electron chi connectivity index (χ1n) is 5.94. The smallest absolute Gasteiger partial charge is 0.320 e. The van der Waals surface area contributed by atoms with Gasteiger partial charge in [0.05, 0.1) is 13.2 Å². The summed E-state index contributed by atoms with van der Waals surface area (Å²) in [5.41, 5.74) is -0.0589. The van der Waals surface area contributed by atoms with Crippen molar-refractivity contribution in [1.29, 1.82) is 0 Å². The van der Waals surface area contributed by atoms with E-state index in [9.17, 15) is 4.79 Å². The molecule has 0 aliphatic heterocycles. The molecule has 0 bridgehead atoms. The molecule has 0 unspecified atom stereocenters. The molecule has 0 saturated heterocycles. The minimum Gasteiger partial charge on any atom is -0.462 e. The van der Waals surface area contributed by atoms with E-state index >= 15 is 0 Å². The van der Waals surface area contributed by atoms with Crippen LogP contribution in [0.4, 0.5) is 0 Å². The molecule has 0 saturated carbocycles. The van der Waals surface area contributed by atoms with Gasteiger partial charge in [-0.25, -0.2) is 0 Å². The second-order valence-corrected chi connectivity index (χ2v) is 4.79. The predicted octanol–water partition coefficient (Wildman–Crippen LogP) is 1.73. The average Bonchev–Trinajstić information content (AvgIpc) is 2.19. The Morgan fingerprint density at radius 1 is 1.19 bits per heavy atom. The van der Waals surface area contributed by atoms with Crippen molar-refractivity contribution >= 4 is 5.97 Å². The first-order valence-corrected chi connectivity index (χ1v) is 5.94. The molecule has 0 radical (unpaired) electrons. The molecule has 4 nitrogen and oxygen atoms in total. The van der Waals surface area contributed by atoms with Crippen LogP contribution in [-0.4, -0.2) is 37.9 Å². The van der Waals surface area contributed by atoms with Crippen molar-refractivity contribution in [3.63, 3.8) is 0 Å². The normalized spacial score (nSPS) is 11.5. The van der Waals surface area contributed by atoms with E-state index in [0.717, 1.165) is 19.4 Å². The SMILES string of the molecule is CCCCOCCOC(=O)CNC(C)(C)C. The van der Waals surface area contributed by atoms with Gasteiger partial charge < -0.3 is 14.8 Å². The van der Waals surface area contributed by atoms with Crippen LogP contribution in [0, 0.1) is 0 Å². The Morgan fingerprint density at radius 3 is 2.44 bits per heavy atom. The fourth-order valence-electron chi connectivity index (χ4n) is 0.951. The Labute approximate surface area is 98.7 Å². The van der Waals surface area contributed by atoms with Gasteiger partial charge in [0.15, 0.2) is 0 Å². The van der Waals surface area contributed by atoms with Crippen LogP contribution in [0.5, 0.6) is 0 Å². The van der Waals surface area contributed by atoms with E-state index in [-0.39, 0.29) is 18.1 Å². The number of ether oxygens (including phenoxy) is 2. The number of nitrogens with one attached hydrogen (secondary N) is 1. The Kier molecular flexibility index (Phi) is 8.21. The number of hydrogen-bond donors (Lipinski definition) is 1. The van der Waals surface area contributed by atoms with Crippen LogP contribution >= 0.6 is 0 Å². The molecule has 0 spiro atoms. The molecule has 0 rings (SSSR count). The van der Waals surface area contributed by atoms with Crippen molar-refractivity contribution in [1.82, 2.24) is 5.32 Å². The van der Waals surface area contributed by atoms with Crippen LogP contribution in [0.3, 0.4) is 0 Å². The molecule has 0 amide bonds. The second kappa shape index (κ2) is 8.53. The Bertz CT molecular complexity index is 187. The van der Waals surface area contributed by atoms with Crippen molar-refractivity contribution in [2.45, 2.75) is 46.1 Å². The van der Waals surface area contributed by atoms with E-state index in [1.54, 1.807) is 0 Å². The van der Waals surface area contributed by atoms with Gasteiger partial charge in [-0.1, -0.05) is 13.3 Å². The highest BCUT2D eigenvalue weighted by molar-refractivity contribution is 5.71. The van der Waals surface area contributed by atoms with E-state index in [1.807, 2.05) is 20.8 Å². The maximum Gasteiger partial charge on any atom is 0.320 e. The van der Waals surface area contributed by atoms with Gasteiger partial charge in [0.25, 0.3) is 0 Å². The Morgan fingerprint density at radius 2 is 1.88 bits per heavy atom. The number of esters is 1. The van der Waals surface area contributed by atoms with Crippen LogP contribution < -0.4 is 5.32 Å². The van der Waals surface area contributed by atoms with Gasteiger partial charge in [-0.2, -0.15) is 0 Å². The highest BCUT2D eigenvalue weighted by Crippen LogP contribution is 1.97. The molecule has 0 atom stereocenters. The van der Waals surface area contributed by atoms with Gasteiger partial charge in [-0.15, -0.1) is 0 Å². The van der Waals surface area contributed by atoms with E-state index in [2.05, 4.69) is 12.2 Å². The van der Waals surface area contributed by atoms with Gasteiger partial charge in [0, 0.05) is 12.1 Å². The van der Waals surface area contributed by atoms with Crippen LogP contribution in [0.15, 0.2) is 0 Å². The Hall–Kier alpha value is -0.610. The molecular weight excluding hydrogens is 206 g/mol. The maximum atomic E-state index is 11.2. The van der Waals surface area contributed by atoms with Crippen molar-refractivity contribution in [3.05, 3.63) is 0 Å². The number of unbranched alkanes of at least 4 members (excludes halogenated alkanes) is 1. The summed E-state index contributed by atoms with van der Waals surface area (Å²) >= 11 is 0. The molecule has 0 aliphatic carbocycles. The molecule has 1 N–H and O–H groups in total. The van der Waals surface area contributed by atoms with Crippen LogP contribution in [0.25, 0.3) is 0 Å². The van der Waals surface area contributed by atoms with Gasteiger partial charge in [0.2, 0.25) is 0 Å². The fraction of sp³-hybridized carbons (Fsp3) is 0.917. The van der Waals surface area contributed by atoms with Gasteiger partial charge in [0.1, 0.15) is 6.61 Å². The lowest BCUT2D eigenvalue weighted by molar-refractivity contribution is -0.144. The first-order chi connectivity index (χ1) is 7.45. The highest BCUT2D eigenvalue weighted by Gasteiger charge is 2.11. The summed E-state index contributed by atoms with van der Waals surface area (Å²) in [5.74, 6) is -0.228. The maximum absolute atomic E-state index is 11.2. The minimum atomic E-state index is -0.228. The number of carbonyl (C=O) groups excluding carboxylic acids is 1. The lowest BCUT2D eigenvalue weighted by atomic mass is 10.1. The van der Waals surface area contributed by atoms with Crippen molar-refractivity contribution < 1.29 is 14.3 Å². The monoisotopic (exact) mass is 231 g/mol. The third kappa shape index (κ3) is 11.5. The molecule has 0 aromatic heterocycles. The zero-order valence-electron chi connectivity index (χ0n) is 11.0. The van der Waals surface area contributed by atoms with Crippen LogP contribution in [-0.2, 0) is 14.3 Å². The second-order valence-electron chi connectivity index (χ2n) is 4.79. The summed E-state index contributed by atoms with van der Waals surface area (Å²) < 4.78 is 10.3. The number of hydrogen-bond acceptors (Lipinski definition) is 4. The van der Waals surface area contributed by atoms with Gasteiger partial charge in [-0.3, -0.25) is 4.79 Å². The lowest BCUT2D eigenvalue weighted by Crippen LogP contribution is -2.40. The molecule has 0 fully saturated rings. The zero-order valence-corrected chi connectivity index (χ0v) is 11.0. The van der Waals surface area contributed by atoms with Crippen LogP contribution in [0.1, 0.15) is 40.5 Å². The molecule has 0 aromatic rings. The topological polar surface area (TPSA) is 47.6 Å². The van der Waals surface area contributed by atoms with E-state index in [4.69, 9.17) is 9.47 Å². The van der Waals surface area contributed by atoms with Crippen molar-refractivity contribution in [3.8, 4) is 0 Å². The average molecular weight is 231 g/mol. The van der Waals surface area contributed by atoms with Crippen LogP contribution in [0.2, 0.25) is 0 Å². The third-order valence-corrected chi connectivity index (χ3v) is 1.90. The Balaban J connectivity index is 3.31. The zero-order chi connectivity index (χ0) is 12.4. The predicted molar refractivity (Wildman–Crippen MR) is 64.4 cm³/mol. The van der Waals surface area contributed by atoms with Gasteiger partial charge >= 0.3 is 5.97 Å². The van der Waals surface area contributed by atoms with Gasteiger partial charge in [-0.05, 0) is 27.2 Å². The minimum absolute atomic E-state index is 0.0589.